The predicted octanol–water partition coefficient (Wildman–Crippen LogP) is 4.67. The van der Waals surface area contributed by atoms with Gasteiger partial charge in [-0.2, -0.15) is 0 Å². The summed E-state index contributed by atoms with van der Waals surface area (Å²) in [6.45, 7) is 8.17. The number of benzene rings is 2. The lowest BCUT2D eigenvalue weighted by molar-refractivity contribution is -0.145. The first-order valence-electron chi connectivity index (χ1n) is 13.7. The lowest BCUT2D eigenvalue weighted by atomic mass is 9.70. The van der Waals surface area contributed by atoms with Gasteiger partial charge >= 0.3 is 5.97 Å². The van der Waals surface area contributed by atoms with Crippen molar-refractivity contribution in [2.75, 3.05) is 25.7 Å². The number of ether oxygens (including phenoxy) is 2. The third kappa shape index (κ3) is 6.02. The highest BCUT2D eigenvalue weighted by Gasteiger charge is 2.50. The van der Waals surface area contributed by atoms with E-state index < -0.39 is 33.2 Å². The molecule has 9 nitrogen and oxygen atoms in total. The first kappa shape index (κ1) is 31.4. The van der Waals surface area contributed by atoms with Crippen molar-refractivity contribution >= 4 is 27.4 Å². The van der Waals surface area contributed by atoms with E-state index in [0.29, 0.717) is 29.1 Å². The molecular weight excluding hydrogens is 566 g/mol. The number of sulfone groups is 1. The molecule has 224 valence electrons. The van der Waals surface area contributed by atoms with Crippen LogP contribution in [0.5, 0.6) is 5.75 Å². The third-order valence-corrected chi connectivity index (χ3v) is 9.36. The number of amides is 1. The van der Waals surface area contributed by atoms with Crippen molar-refractivity contribution in [2.24, 2.45) is 5.92 Å². The fourth-order valence-electron chi connectivity index (χ4n) is 5.28. The standard InChI is InChI=1S/C33H35N3O6S/c1-6-36(26-14-8-7-9-15-26)31(37)24(3)33(23(2)12-10-16-29(33)32(38)42-5)35-22-25-13-11-21-34-30(25)43(39,40)28-19-17-27(41-4)18-20-28/h7-21,29,35H,3,6,22H2,1-2,4-5H3. The lowest BCUT2D eigenvalue weighted by Crippen LogP contribution is -2.59. The summed E-state index contributed by atoms with van der Waals surface area (Å²) < 4.78 is 37.7. The first-order chi connectivity index (χ1) is 20.6. The molecule has 4 rings (SSSR count). The molecule has 1 aromatic heterocycles. The Balaban J connectivity index is 1.78. The Morgan fingerprint density at radius 2 is 1.74 bits per heavy atom. The van der Waals surface area contributed by atoms with Gasteiger partial charge in [0.05, 0.1) is 24.7 Å². The van der Waals surface area contributed by atoms with E-state index in [-0.39, 0.29) is 22.0 Å². The van der Waals surface area contributed by atoms with Gasteiger partial charge in [-0.15, -0.1) is 0 Å². The summed E-state index contributed by atoms with van der Waals surface area (Å²) in [5.41, 5.74) is 0.331. The molecule has 2 unspecified atom stereocenters. The summed E-state index contributed by atoms with van der Waals surface area (Å²) >= 11 is 0. The Morgan fingerprint density at radius 3 is 2.37 bits per heavy atom. The number of hydrogen-bond acceptors (Lipinski definition) is 8. The van der Waals surface area contributed by atoms with Crippen LogP contribution in [0, 0.1) is 5.92 Å². The summed E-state index contributed by atoms with van der Waals surface area (Å²) in [5.74, 6) is -1.42. The van der Waals surface area contributed by atoms with Crippen LogP contribution in [-0.4, -0.2) is 51.6 Å². The SMILES string of the molecule is C=C(C(=O)N(CC)c1ccccc1)C1(NCc2cccnc2S(=O)(=O)c2ccc(OC)cc2)C(C)=CC=CC1C(=O)OC. The van der Waals surface area contributed by atoms with Crippen molar-refractivity contribution in [1.82, 2.24) is 10.3 Å². The average molecular weight is 602 g/mol. The van der Waals surface area contributed by atoms with Crippen LogP contribution in [0.1, 0.15) is 19.4 Å². The zero-order chi connectivity index (χ0) is 31.2. The Labute approximate surface area is 252 Å². The van der Waals surface area contributed by atoms with Gasteiger partial charge in [-0.3, -0.25) is 14.9 Å². The second-order valence-corrected chi connectivity index (χ2v) is 11.8. The summed E-state index contributed by atoms with van der Waals surface area (Å²) in [6, 6.07) is 18.5. The third-order valence-electron chi connectivity index (χ3n) is 7.59. The molecule has 1 N–H and O–H groups in total. The Kier molecular flexibility index (Phi) is 9.63. The van der Waals surface area contributed by atoms with E-state index in [2.05, 4.69) is 16.9 Å². The monoisotopic (exact) mass is 601 g/mol. The van der Waals surface area contributed by atoms with Gasteiger partial charge in [-0.1, -0.05) is 49.1 Å². The number of rotatable bonds is 11. The Bertz CT molecular complexity index is 1670. The highest BCUT2D eigenvalue weighted by molar-refractivity contribution is 7.91. The van der Waals surface area contributed by atoms with Crippen LogP contribution >= 0.6 is 0 Å². The fourth-order valence-corrected chi connectivity index (χ4v) is 6.68. The maximum absolute atomic E-state index is 14.1. The summed E-state index contributed by atoms with van der Waals surface area (Å²) in [6.07, 6.45) is 6.58. The largest absolute Gasteiger partial charge is 0.497 e. The number of methoxy groups -OCH3 is 2. The highest BCUT2D eigenvalue weighted by atomic mass is 32.2. The van der Waals surface area contributed by atoms with Gasteiger partial charge in [-0.25, -0.2) is 13.4 Å². The molecule has 3 aromatic rings. The number of carbonyl (C=O) groups excluding carboxylic acids is 2. The molecule has 2 aromatic carbocycles. The molecule has 10 heteroatoms. The number of allylic oxidation sites excluding steroid dienone is 2. The van der Waals surface area contributed by atoms with Crippen LogP contribution in [0.2, 0.25) is 0 Å². The van der Waals surface area contributed by atoms with Crippen molar-refractivity contribution in [3.05, 3.63) is 114 Å². The van der Waals surface area contributed by atoms with Gasteiger partial charge in [0, 0.05) is 36.1 Å². The van der Waals surface area contributed by atoms with Gasteiger partial charge in [0.25, 0.3) is 5.91 Å². The number of pyridine rings is 1. The van der Waals surface area contributed by atoms with Crippen LogP contribution in [0.4, 0.5) is 5.69 Å². The maximum Gasteiger partial charge on any atom is 0.315 e. The molecule has 1 aliphatic rings. The molecule has 0 saturated carbocycles. The molecule has 0 bridgehead atoms. The number of likely N-dealkylation sites (N-methyl/N-ethyl adjacent to an activating group) is 1. The van der Waals surface area contributed by atoms with Crippen LogP contribution < -0.4 is 15.0 Å². The topological polar surface area (TPSA) is 115 Å². The van der Waals surface area contributed by atoms with Crippen LogP contribution in [0.25, 0.3) is 0 Å². The average Bonchev–Trinajstić information content (AvgIpc) is 3.04. The number of aromatic nitrogens is 1. The molecule has 0 saturated heterocycles. The van der Waals surface area contributed by atoms with Gasteiger partial charge in [0.2, 0.25) is 9.84 Å². The maximum atomic E-state index is 14.1. The van der Waals surface area contributed by atoms with Gasteiger partial charge in [-0.05, 0) is 61.9 Å². The van der Waals surface area contributed by atoms with Gasteiger partial charge in [0.15, 0.2) is 5.03 Å². The van der Waals surface area contributed by atoms with Crippen LogP contribution in [0.15, 0.2) is 119 Å². The van der Waals surface area contributed by atoms with Crippen molar-refractivity contribution in [3.63, 3.8) is 0 Å². The smallest absolute Gasteiger partial charge is 0.315 e. The minimum Gasteiger partial charge on any atom is -0.497 e. The Hall–Kier alpha value is -4.54. The van der Waals surface area contributed by atoms with E-state index in [0.717, 1.165) is 0 Å². The number of nitrogens with one attached hydrogen (secondary N) is 1. The molecule has 1 aliphatic carbocycles. The van der Waals surface area contributed by atoms with Crippen molar-refractivity contribution in [1.29, 1.82) is 0 Å². The summed E-state index contributed by atoms with van der Waals surface area (Å²) in [7, 11) is -1.25. The van der Waals surface area contributed by atoms with E-state index in [1.165, 1.54) is 32.5 Å². The van der Waals surface area contributed by atoms with Crippen LogP contribution in [0.3, 0.4) is 0 Å². The molecule has 0 radical (unpaired) electrons. The second kappa shape index (κ2) is 13.2. The molecule has 1 amide bonds. The number of hydrogen-bond donors (Lipinski definition) is 1. The van der Waals surface area contributed by atoms with Crippen molar-refractivity contribution in [3.8, 4) is 5.75 Å². The highest BCUT2D eigenvalue weighted by Crippen LogP contribution is 2.39. The zero-order valence-corrected chi connectivity index (χ0v) is 25.4. The van der Waals surface area contributed by atoms with Gasteiger partial charge < -0.3 is 14.4 Å². The van der Waals surface area contributed by atoms with Crippen molar-refractivity contribution in [2.45, 2.75) is 35.9 Å². The molecule has 1 heterocycles. The van der Waals surface area contributed by atoms with E-state index >= 15 is 0 Å². The summed E-state index contributed by atoms with van der Waals surface area (Å²) in [4.78, 5) is 33.2. The number of nitrogens with zero attached hydrogens (tertiary/aromatic N) is 2. The predicted molar refractivity (Wildman–Crippen MR) is 164 cm³/mol. The van der Waals surface area contributed by atoms with E-state index in [4.69, 9.17) is 9.47 Å². The minimum absolute atomic E-state index is 0.0492. The fraction of sp³-hybridized carbons (Fsp3) is 0.242. The van der Waals surface area contributed by atoms with E-state index in [1.807, 2.05) is 37.3 Å². The number of para-hydroxylation sites is 1. The Morgan fingerprint density at radius 1 is 1.05 bits per heavy atom. The minimum atomic E-state index is -4.03. The molecular formula is C33H35N3O6S. The lowest BCUT2D eigenvalue weighted by Gasteiger charge is -2.43. The van der Waals surface area contributed by atoms with Gasteiger partial charge in [0.1, 0.15) is 11.7 Å². The number of esters is 1. The molecule has 2 atom stereocenters. The van der Waals surface area contributed by atoms with E-state index in [1.54, 1.807) is 54.3 Å². The number of carbonyl (C=O) groups is 2. The molecule has 0 spiro atoms. The molecule has 0 fully saturated rings. The van der Waals surface area contributed by atoms with Crippen molar-refractivity contribution < 1.29 is 27.5 Å². The second-order valence-electron chi connectivity index (χ2n) is 9.91. The molecule has 0 aliphatic heterocycles. The van der Waals surface area contributed by atoms with Crippen LogP contribution in [-0.2, 0) is 30.7 Å². The van der Waals surface area contributed by atoms with E-state index in [9.17, 15) is 18.0 Å². The normalized spacial score (nSPS) is 18.0. The quantitative estimate of drug-likeness (QED) is 0.249. The first-order valence-corrected chi connectivity index (χ1v) is 15.2. The number of anilines is 1. The summed E-state index contributed by atoms with van der Waals surface area (Å²) in [5, 5.41) is 3.22. The zero-order valence-electron chi connectivity index (χ0n) is 24.6. The molecule has 43 heavy (non-hydrogen) atoms.